The van der Waals surface area contributed by atoms with Gasteiger partial charge in [-0.3, -0.25) is 4.90 Å². The zero-order valence-corrected chi connectivity index (χ0v) is 14.8. The fourth-order valence-electron chi connectivity index (χ4n) is 3.05. The van der Waals surface area contributed by atoms with Gasteiger partial charge >= 0.3 is 0 Å². The molecule has 0 amide bonds. The van der Waals surface area contributed by atoms with Gasteiger partial charge in [0.15, 0.2) is 0 Å². The highest BCUT2D eigenvalue weighted by Crippen LogP contribution is 2.45. The van der Waals surface area contributed by atoms with Gasteiger partial charge in [0.05, 0.1) is 0 Å². The molecule has 2 aromatic carbocycles. The Kier molecular flexibility index (Phi) is 5.73. The lowest BCUT2D eigenvalue weighted by Gasteiger charge is -2.23. The Morgan fingerprint density at radius 3 is 1.92 bits per heavy atom. The van der Waals surface area contributed by atoms with Crippen LogP contribution in [-0.2, 0) is 0 Å². The number of benzene rings is 2. The van der Waals surface area contributed by atoms with Crippen molar-refractivity contribution in [2.45, 2.75) is 16.2 Å². The van der Waals surface area contributed by atoms with Crippen molar-refractivity contribution in [1.82, 2.24) is 4.90 Å². The van der Waals surface area contributed by atoms with Crippen molar-refractivity contribution in [3.05, 3.63) is 91.0 Å². The molecule has 1 nitrogen and oxygen atoms in total. The molecule has 0 spiro atoms. The molecule has 122 valence electrons. The molecule has 2 heteroatoms. The molecule has 0 aromatic heterocycles. The summed E-state index contributed by atoms with van der Waals surface area (Å²) in [5.74, 6) is 0. The van der Waals surface area contributed by atoms with E-state index >= 15 is 0 Å². The largest absolute Gasteiger partial charge is 0.296 e. The van der Waals surface area contributed by atoms with Gasteiger partial charge in [-0.2, -0.15) is 0 Å². The normalized spacial score (nSPS) is 12.5. The first kappa shape index (κ1) is 16.8. The van der Waals surface area contributed by atoms with E-state index in [1.165, 1.54) is 26.5 Å². The van der Waals surface area contributed by atoms with Crippen molar-refractivity contribution < 1.29 is 0 Å². The standard InChI is InChI=1S/C22H23NS/c1-3-15-23(16-4-2)17-9-12-18-19-10-5-7-13-21(19)24-22-14-8-6-11-20(18)22/h3-8,10-14H,1-2,9,15-17H2. The molecule has 2 aromatic rings. The van der Waals surface area contributed by atoms with Crippen LogP contribution in [0.25, 0.3) is 5.57 Å². The molecule has 0 bridgehead atoms. The van der Waals surface area contributed by atoms with Gasteiger partial charge in [-0.1, -0.05) is 66.4 Å². The van der Waals surface area contributed by atoms with Crippen LogP contribution in [0.2, 0.25) is 0 Å². The lowest BCUT2D eigenvalue weighted by Crippen LogP contribution is -2.24. The summed E-state index contributed by atoms with van der Waals surface area (Å²) in [5.41, 5.74) is 4.05. The molecule has 0 saturated carbocycles. The summed E-state index contributed by atoms with van der Waals surface area (Å²) < 4.78 is 0. The molecule has 0 unspecified atom stereocenters. The van der Waals surface area contributed by atoms with Crippen molar-refractivity contribution >= 4 is 17.3 Å². The van der Waals surface area contributed by atoms with Crippen molar-refractivity contribution in [2.24, 2.45) is 0 Å². The van der Waals surface area contributed by atoms with Crippen LogP contribution in [0.3, 0.4) is 0 Å². The van der Waals surface area contributed by atoms with Gasteiger partial charge in [0.25, 0.3) is 0 Å². The molecule has 0 saturated heterocycles. The molecule has 0 aliphatic carbocycles. The first-order chi connectivity index (χ1) is 11.8. The van der Waals surface area contributed by atoms with E-state index in [-0.39, 0.29) is 0 Å². The summed E-state index contributed by atoms with van der Waals surface area (Å²) in [6.07, 6.45) is 7.32. The number of hydrogen-bond acceptors (Lipinski definition) is 2. The predicted molar refractivity (Wildman–Crippen MR) is 106 cm³/mol. The van der Waals surface area contributed by atoms with E-state index in [1.807, 2.05) is 23.9 Å². The Morgan fingerprint density at radius 2 is 1.38 bits per heavy atom. The minimum absolute atomic E-state index is 0.901. The fraction of sp³-hybridized carbons (Fsp3) is 0.182. The van der Waals surface area contributed by atoms with Crippen LogP contribution in [-0.4, -0.2) is 24.5 Å². The SMILES string of the molecule is C=CCN(CC=C)CCC=C1c2ccccc2Sc2ccccc21. The van der Waals surface area contributed by atoms with E-state index in [4.69, 9.17) is 0 Å². The van der Waals surface area contributed by atoms with Crippen LogP contribution in [0.4, 0.5) is 0 Å². The summed E-state index contributed by atoms with van der Waals surface area (Å²) in [6, 6.07) is 17.4. The second kappa shape index (κ2) is 8.18. The molecular weight excluding hydrogens is 310 g/mol. The lowest BCUT2D eigenvalue weighted by atomic mass is 9.96. The summed E-state index contributed by atoms with van der Waals surface area (Å²) in [7, 11) is 0. The first-order valence-electron chi connectivity index (χ1n) is 8.34. The van der Waals surface area contributed by atoms with Crippen LogP contribution in [0.1, 0.15) is 17.5 Å². The average Bonchev–Trinajstić information content (AvgIpc) is 2.61. The molecule has 1 aliphatic heterocycles. The van der Waals surface area contributed by atoms with E-state index in [9.17, 15) is 0 Å². The highest BCUT2D eigenvalue weighted by Gasteiger charge is 2.19. The zero-order chi connectivity index (χ0) is 16.8. The maximum absolute atomic E-state index is 3.85. The third-order valence-electron chi connectivity index (χ3n) is 4.14. The van der Waals surface area contributed by atoms with Crippen molar-refractivity contribution in [1.29, 1.82) is 0 Å². The molecule has 0 N–H and O–H groups in total. The summed E-state index contributed by atoms with van der Waals surface area (Å²) >= 11 is 1.86. The highest BCUT2D eigenvalue weighted by molar-refractivity contribution is 7.99. The van der Waals surface area contributed by atoms with Crippen LogP contribution >= 0.6 is 11.8 Å². The minimum Gasteiger partial charge on any atom is -0.296 e. The summed E-state index contributed by atoms with van der Waals surface area (Å²) in [4.78, 5) is 5.04. The van der Waals surface area contributed by atoms with Gasteiger partial charge in [0.2, 0.25) is 0 Å². The van der Waals surface area contributed by atoms with E-state index in [0.29, 0.717) is 0 Å². The topological polar surface area (TPSA) is 3.24 Å². The van der Waals surface area contributed by atoms with E-state index in [0.717, 1.165) is 26.1 Å². The first-order valence-corrected chi connectivity index (χ1v) is 9.16. The zero-order valence-electron chi connectivity index (χ0n) is 13.9. The van der Waals surface area contributed by atoms with Crippen molar-refractivity contribution in [3.8, 4) is 0 Å². The predicted octanol–water partition coefficient (Wildman–Crippen LogP) is 5.65. The maximum atomic E-state index is 3.85. The van der Waals surface area contributed by atoms with Crippen LogP contribution in [0.5, 0.6) is 0 Å². The molecule has 24 heavy (non-hydrogen) atoms. The minimum atomic E-state index is 0.901. The molecule has 1 aliphatic rings. The Hall–Kier alpha value is -2.03. The molecule has 0 fully saturated rings. The quantitative estimate of drug-likeness (QED) is 0.514. The summed E-state index contributed by atoms with van der Waals surface area (Å²) in [5, 5.41) is 0. The lowest BCUT2D eigenvalue weighted by molar-refractivity contribution is 0.342. The molecule has 0 atom stereocenters. The number of hydrogen-bond donors (Lipinski definition) is 0. The van der Waals surface area contributed by atoms with Gasteiger partial charge in [-0.05, 0) is 35.3 Å². The van der Waals surface area contributed by atoms with Gasteiger partial charge in [-0.25, -0.2) is 0 Å². The second-order valence-corrected chi connectivity index (χ2v) is 6.92. The smallest absolute Gasteiger partial charge is 0.0201 e. The second-order valence-electron chi connectivity index (χ2n) is 5.84. The Labute approximate surface area is 149 Å². The monoisotopic (exact) mass is 333 g/mol. The van der Waals surface area contributed by atoms with Crippen LogP contribution < -0.4 is 0 Å². The number of nitrogens with zero attached hydrogens (tertiary/aromatic N) is 1. The Morgan fingerprint density at radius 1 is 0.833 bits per heavy atom. The van der Waals surface area contributed by atoms with Crippen LogP contribution in [0.15, 0.2) is 89.7 Å². The Bertz CT molecular complexity index is 703. The van der Waals surface area contributed by atoms with E-state index < -0.39 is 0 Å². The fourth-order valence-corrected chi connectivity index (χ4v) is 4.16. The van der Waals surface area contributed by atoms with E-state index in [2.05, 4.69) is 72.7 Å². The Balaban J connectivity index is 1.86. The van der Waals surface area contributed by atoms with Crippen LogP contribution in [0, 0.1) is 0 Å². The molecular formula is C22H23NS. The third kappa shape index (κ3) is 3.72. The molecule has 0 radical (unpaired) electrons. The molecule has 1 heterocycles. The van der Waals surface area contributed by atoms with Gasteiger partial charge in [0, 0.05) is 29.4 Å². The number of rotatable bonds is 7. The van der Waals surface area contributed by atoms with E-state index in [1.54, 1.807) is 0 Å². The number of fused-ring (bicyclic) bond motifs is 2. The van der Waals surface area contributed by atoms with Crippen molar-refractivity contribution in [2.75, 3.05) is 19.6 Å². The molecule has 3 rings (SSSR count). The third-order valence-corrected chi connectivity index (χ3v) is 5.29. The van der Waals surface area contributed by atoms with Gasteiger partial charge in [0.1, 0.15) is 0 Å². The highest BCUT2D eigenvalue weighted by atomic mass is 32.2. The average molecular weight is 334 g/mol. The maximum Gasteiger partial charge on any atom is 0.0201 e. The van der Waals surface area contributed by atoms with Gasteiger partial charge in [-0.15, -0.1) is 13.2 Å². The van der Waals surface area contributed by atoms with Crippen molar-refractivity contribution in [3.63, 3.8) is 0 Å². The summed E-state index contributed by atoms with van der Waals surface area (Å²) in [6.45, 7) is 10.5. The van der Waals surface area contributed by atoms with Gasteiger partial charge < -0.3 is 0 Å².